The molecule has 59 heavy (non-hydrogen) atoms. The molecule has 0 radical (unpaired) electrons. The molecule has 4 aromatic carbocycles. The molecule has 1 atom stereocenters. The van der Waals surface area contributed by atoms with Crippen molar-refractivity contribution in [3.05, 3.63) is 113 Å². The van der Waals surface area contributed by atoms with Gasteiger partial charge < -0.3 is 9.64 Å². The maximum atomic E-state index is 16.5. The number of anilines is 1. The van der Waals surface area contributed by atoms with E-state index in [-0.39, 0.29) is 41.4 Å². The predicted octanol–water partition coefficient (Wildman–Crippen LogP) is 4.11. The highest BCUT2D eigenvalue weighted by molar-refractivity contribution is 7.92. The van der Waals surface area contributed by atoms with Gasteiger partial charge >= 0.3 is 15.9 Å². The van der Waals surface area contributed by atoms with E-state index in [1.165, 1.54) is 4.57 Å². The van der Waals surface area contributed by atoms with Gasteiger partial charge in [-0.2, -0.15) is 13.5 Å². The highest BCUT2D eigenvalue weighted by Gasteiger charge is 2.38. The van der Waals surface area contributed by atoms with Crippen molar-refractivity contribution in [3.63, 3.8) is 0 Å². The van der Waals surface area contributed by atoms with Crippen LogP contribution in [0.2, 0.25) is 0 Å². The summed E-state index contributed by atoms with van der Waals surface area (Å²) in [4.78, 5) is 52.1. The van der Waals surface area contributed by atoms with Crippen molar-refractivity contribution in [1.29, 1.82) is 0 Å². The molecule has 2 aromatic heterocycles. The first kappa shape index (κ1) is 38.2. The third-order valence-electron chi connectivity index (χ3n) is 11.6. The molecule has 5 heterocycles. The number of aryl methyl sites for hydroxylation is 1. The molecular weight excluding hydrogens is 780 g/mol. The van der Waals surface area contributed by atoms with Crippen LogP contribution in [0, 0.1) is 5.82 Å². The van der Waals surface area contributed by atoms with E-state index in [1.807, 2.05) is 64.1 Å². The maximum absolute atomic E-state index is 16.5. The number of nitrogens with one attached hydrogen (secondary N) is 2. The Morgan fingerprint density at radius 2 is 1.68 bits per heavy atom. The summed E-state index contributed by atoms with van der Waals surface area (Å²) in [5.74, 6) is -2.05. The van der Waals surface area contributed by atoms with Gasteiger partial charge in [-0.1, -0.05) is 48.5 Å². The van der Waals surface area contributed by atoms with Crippen LogP contribution in [0.15, 0.2) is 90.0 Å². The SMILES string of the molecule is Cn1c(=O)n(C2CCC(=O)NC2=O)c2ccc(C3CCN(CCn4cc(-c5ccc6cc(OCc7ccccc7)c(N7CC(=O)NS7(=O)=O)c(F)c6c5)cn4)CC3)cc21. The van der Waals surface area contributed by atoms with Gasteiger partial charge in [0, 0.05) is 37.2 Å². The minimum Gasteiger partial charge on any atom is -0.487 e. The highest BCUT2D eigenvalue weighted by Crippen LogP contribution is 2.41. The summed E-state index contributed by atoms with van der Waals surface area (Å²) in [6, 6.07) is 21.3. The minimum absolute atomic E-state index is 0.00160. The summed E-state index contributed by atoms with van der Waals surface area (Å²) in [5, 5.41) is 7.60. The van der Waals surface area contributed by atoms with E-state index in [1.54, 1.807) is 36.0 Å². The van der Waals surface area contributed by atoms with E-state index in [0.717, 1.165) is 54.7 Å². The zero-order chi connectivity index (χ0) is 41.0. The van der Waals surface area contributed by atoms with Crippen molar-refractivity contribution in [2.24, 2.45) is 7.05 Å². The molecule has 0 aliphatic carbocycles. The molecule has 17 heteroatoms. The van der Waals surface area contributed by atoms with Gasteiger partial charge in [-0.05, 0) is 84.6 Å². The number of carbonyl (C=O) groups is 3. The second-order valence-electron chi connectivity index (χ2n) is 15.3. The largest absolute Gasteiger partial charge is 0.487 e. The van der Waals surface area contributed by atoms with Gasteiger partial charge in [0.05, 0.1) is 23.8 Å². The topological polar surface area (TPSA) is 170 Å². The number of benzene rings is 4. The molecule has 304 valence electrons. The first-order valence-electron chi connectivity index (χ1n) is 19.5. The van der Waals surface area contributed by atoms with E-state index in [0.29, 0.717) is 39.7 Å². The predicted molar refractivity (Wildman–Crippen MR) is 217 cm³/mol. The molecule has 9 rings (SSSR count). The first-order valence-corrected chi connectivity index (χ1v) is 20.9. The second kappa shape index (κ2) is 15.1. The van der Waals surface area contributed by atoms with Gasteiger partial charge in [-0.25, -0.2) is 18.2 Å². The average molecular weight is 821 g/mol. The number of fused-ring (bicyclic) bond motifs is 2. The number of halogens is 1. The fraction of sp³-hybridized carbons (Fsp3) is 0.310. The summed E-state index contributed by atoms with van der Waals surface area (Å²) >= 11 is 0. The third kappa shape index (κ3) is 7.24. The number of carbonyl (C=O) groups excluding carboxylic acids is 3. The van der Waals surface area contributed by atoms with E-state index in [9.17, 15) is 27.6 Å². The number of nitrogens with zero attached hydrogens (tertiary/aromatic N) is 6. The van der Waals surface area contributed by atoms with Crippen molar-refractivity contribution in [2.45, 2.75) is 50.8 Å². The number of piperidine rings is 2. The van der Waals surface area contributed by atoms with Crippen LogP contribution in [0.4, 0.5) is 10.1 Å². The van der Waals surface area contributed by atoms with E-state index < -0.39 is 40.4 Å². The summed E-state index contributed by atoms with van der Waals surface area (Å²) < 4.78 is 55.9. The fourth-order valence-corrected chi connectivity index (χ4v) is 9.61. The first-order chi connectivity index (χ1) is 28.4. The number of hydrogen-bond acceptors (Lipinski definition) is 9. The number of likely N-dealkylation sites (tertiary alicyclic amines) is 1. The number of aromatic nitrogens is 4. The molecule has 2 N–H and O–H groups in total. The summed E-state index contributed by atoms with van der Waals surface area (Å²) in [6.45, 7) is 2.66. The third-order valence-corrected chi connectivity index (χ3v) is 13.0. The molecule has 1 unspecified atom stereocenters. The number of amides is 3. The fourth-order valence-electron chi connectivity index (χ4n) is 8.45. The Labute approximate surface area is 338 Å². The van der Waals surface area contributed by atoms with Crippen LogP contribution in [0.25, 0.3) is 32.9 Å². The summed E-state index contributed by atoms with van der Waals surface area (Å²) in [7, 11) is -2.62. The molecule has 3 aliphatic rings. The Morgan fingerprint density at radius 1 is 0.881 bits per heavy atom. The molecular formula is C42H41FN8O7S. The summed E-state index contributed by atoms with van der Waals surface area (Å²) in [6.07, 6.45) is 5.97. The van der Waals surface area contributed by atoms with Gasteiger partial charge in [-0.15, -0.1) is 0 Å². The lowest BCUT2D eigenvalue weighted by Crippen LogP contribution is -2.44. The lowest BCUT2D eigenvalue weighted by atomic mass is 9.89. The standard InChI is InChI=1S/C42H41FN8O7S/c1-47-35-20-29(9-10-33(35)51(42(47)55)34-11-12-37(52)45-41(34)54)27-13-15-48(16-14-27)17-18-49-23-31(22-44-49)28-7-8-30-21-36(58-25-26-5-3-2-4-6-26)40(39(43)32(30)19-28)50-24-38(53)46-59(50,56)57/h2-10,19-23,27,34H,11-18,24-25H2,1H3,(H,46,53)(H,45,52,54). The normalized spacial score (nSPS) is 18.8. The molecule has 3 saturated heterocycles. The quantitative estimate of drug-likeness (QED) is 0.193. The Bertz CT molecular complexity index is 2830. The molecule has 3 fully saturated rings. The van der Waals surface area contributed by atoms with Crippen LogP contribution in [0.1, 0.15) is 48.8 Å². The van der Waals surface area contributed by atoms with Gasteiger partial charge in [0.15, 0.2) is 5.82 Å². The number of hydrogen-bond donors (Lipinski definition) is 2. The van der Waals surface area contributed by atoms with Crippen molar-refractivity contribution in [1.82, 2.24) is 33.9 Å². The van der Waals surface area contributed by atoms with Crippen LogP contribution in [0.5, 0.6) is 5.75 Å². The van der Waals surface area contributed by atoms with Gasteiger partial charge in [-0.3, -0.25) is 33.5 Å². The lowest BCUT2D eigenvalue weighted by Gasteiger charge is -2.32. The van der Waals surface area contributed by atoms with Gasteiger partial charge in [0.2, 0.25) is 11.8 Å². The Morgan fingerprint density at radius 3 is 2.42 bits per heavy atom. The van der Waals surface area contributed by atoms with E-state index >= 15 is 4.39 Å². The molecule has 0 bridgehead atoms. The van der Waals surface area contributed by atoms with Gasteiger partial charge in [0.1, 0.15) is 30.6 Å². The van der Waals surface area contributed by atoms with Crippen LogP contribution in [-0.2, 0) is 44.8 Å². The van der Waals surface area contributed by atoms with E-state index in [2.05, 4.69) is 21.4 Å². The van der Waals surface area contributed by atoms with Crippen LogP contribution < -0.4 is 24.8 Å². The van der Waals surface area contributed by atoms with Crippen molar-refractivity contribution >= 4 is 55.4 Å². The second-order valence-corrected chi connectivity index (χ2v) is 16.9. The lowest BCUT2D eigenvalue weighted by molar-refractivity contribution is -0.135. The Hall–Kier alpha value is -6.33. The van der Waals surface area contributed by atoms with Crippen molar-refractivity contribution in [2.75, 3.05) is 30.5 Å². The summed E-state index contributed by atoms with van der Waals surface area (Å²) in [5.41, 5.74) is 4.22. The molecule has 3 aliphatic heterocycles. The monoisotopic (exact) mass is 820 g/mol. The smallest absolute Gasteiger partial charge is 0.329 e. The number of rotatable bonds is 10. The molecule has 15 nitrogen and oxygen atoms in total. The number of imidazole rings is 1. The molecule has 3 amide bonds. The average Bonchev–Trinajstić information content (AvgIpc) is 3.89. The zero-order valence-corrected chi connectivity index (χ0v) is 33.0. The number of imide groups is 1. The van der Waals surface area contributed by atoms with Crippen LogP contribution in [0.3, 0.4) is 0 Å². The molecule has 6 aromatic rings. The van der Waals surface area contributed by atoms with Crippen molar-refractivity contribution in [3.8, 4) is 16.9 Å². The van der Waals surface area contributed by atoms with Crippen LogP contribution >= 0.6 is 0 Å². The van der Waals surface area contributed by atoms with Crippen LogP contribution in [-0.4, -0.2) is 76.1 Å². The Balaban J connectivity index is 0.873. The van der Waals surface area contributed by atoms with Gasteiger partial charge in [0.25, 0.3) is 5.91 Å². The minimum atomic E-state index is -4.33. The Kier molecular flexibility index (Phi) is 9.79. The number of ether oxygens (including phenoxy) is 1. The highest BCUT2D eigenvalue weighted by atomic mass is 32.2. The maximum Gasteiger partial charge on any atom is 0.329 e. The molecule has 0 spiro atoms. The van der Waals surface area contributed by atoms with Crippen molar-refractivity contribution < 1.29 is 31.9 Å². The van der Waals surface area contributed by atoms with E-state index in [4.69, 9.17) is 4.74 Å². The molecule has 0 saturated carbocycles. The zero-order valence-electron chi connectivity index (χ0n) is 32.1.